The van der Waals surface area contributed by atoms with Gasteiger partial charge < -0.3 is 0 Å². The van der Waals surface area contributed by atoms with Crippen LogP contribution in [-0.2, 0) is 10.0 Å². The van der Waals surface area contributed by atoms with Gasteiger partial charge in [0.1, 0.15) is 0 Å². The molecule has 0 radical (unpaired) electrons. The summed E-state index contributed by atoms with van der Waals surface area (Å²) < 4.78 is 27.4. The van der Waals surface area contributed by atoms with Crippen molar-refractivity contribution in [3.63, 3.8) is 0 Å². The Kier molecular flexibility index (Phi) is 2.98. The molecule has 0 N–H and O–H groups in total. The van der Waals surface area contributed by atoms with Crippen LogP contribution in [0.4, 0.5) is 0 Å². The van der Waals surface area contributed by atoms with E-state index in [2.05, 4.69) is 4.98 Å². The predicted octanol–water partition coefficient (Wildman–Crippen LogP) is 1.07. The third-order valence-corrected chi connectivity index (χ3v) is 4.85. The molecule has 1 aromatic carbocycles. The van der Waals surface area contributed by atoms with E-state index < -0.39 is 10.0 Å². The van der Waals surface area contributed by atoms with E-state index in [9.17, 15) is 8.42 Å². The van der Waals surface area contributed by atoms with Gasteiger partial charge in [-0.1, -0.05) is 0 Å². The van der Waals surface area contributed by atoms with Crippen molar-refractivity contribution in [3.05, 3.63) is 54.9 Å². The summed E-state index contributed by atoms with van der Waals surface area (Å²) in [6.45, 7) is 0. The summed E-state index contributed by atoms with van der Waals surface area (Å²) in [4.78, 5) is 4.30. The number of hydrogen-bond donors (Lipinski definition) is 0. The van der Waals surface area contributed by atoms with Gasteiger partial charge in [0.25, 0.3) is 0 Å². The molecule has 0 spiro atoms. The molecule has 2 heterocycles. The van der Waals surface area contributed by atoms with Gasteiger partial charge >= 0.3 is 120 Å². The van der Waals surface area contributed by atoms with Crippen molar-refractivity contribution in [1.82, 2.24) is 8.96 Å². The van der Waals surface area contributed by atoms with Gasteiger partial charge in [-0.05, 0) is 0 Å². The zero-order chi connectivity index (χ0) is 13.5. The van der Waals surface area contributed by atoms with E-state index in [4.69, 9.17) is 0 Å². The molecule has 0 aliphatic heterocycles. The van der Waals surface area contributed by atoms with Crippen LogP contribution in [0.3, 0.4) is 0 Å². The molecular formula is C13H9LiN2O2S. The topological polar surface area (TPSA) is 52.0 Å². The first-order valence-corrected chi connectivity index (χ1v) is 7.27. The first kappa shape index (κ1) is 12.5. The number of hydrogen-bond acceptors (Lipinski definition) is 3. The fraction of sp³-hybridized carbons (Fsp3) is 0. The minimum atomic E-state index is -3.56. The molecule has 2 aromatic heterocycles. The fourth-order valence-corrected chi connectivity index (χ4v) is 3.76. The third kappa shape index (κ3) is 2.00. The van der Waals surface area contributed by atoms with Gasteiger partial charge in [0.15, 0.2) is 0 Å². The first-order chi connectivity index (χ1) is 9.10. The van der Waals surface area contributed by atoms with Crippen LogP contribution in [0.5, 0.6) is 0 Å². The van der Waals surface area contributed by atoms with Crippen molar-refractivity contribution in [1.29, 1.82) is 0 Å². The van der Waals surface area contributed by atoms with Crippen LogP contribution in [-0.4, -0.2) is 35.1 Å². The summed E-state index contributed by atoms with van der Waals surface area (Å²) in [5.74, 6) is 0. The number of benzene rings is 1. The van der Waals surface area contributed by atoms with Crippen molar-refractivity contribution in [3.8, 4) is 0 Å². The van der Waals surface area contributed by atoms with Gasteiger partial charge in [-0.3, -0.25) is 0 Å². The Hall–Kier alpha value is -1.54. The Bertz CT molecular complexity index is 841. The second kappa shape index (κ2) is 4.53. The van der Waals surface area contributed by atoms with E-state index in [1.165, 1.54) is 3.97 Å². The molecule has 90 valence electrons. The van der Waals surface area contributed by atoms with Gasteiger partial charge in [0.05, 0.1) is 0 Å². The van der Waals surface area contributed by atoms with Crippen molar-refractivity contribution in [2.24, 2.45) is 0 Å². The first-order valence-electron chi connectivity index (χ1n) is 5.83. The number of rotatable bonds is 2. The van der Waals surface area contributed by atoms with Gasteiger partial charge in [-0.25, -0.2) is 0 Å². The Labute approximate surface area is 120 Å². The Balaban J connectivity index is 2.34. The van der Waals surface area contributed by atoms with Gasteiger partial charge in [-0.2, -0.15) is 0 Å². The van der Waals surface area contributed by atoms with Crippen molar-refractivity contribution in [2.45, 2.75) is 4.90 Å². The molecule has 3 aromatic rings. The van der Waals surface area contributed by atoms with Gasteiger partial charge in [0.2, 0.25) is 0 Å². The van der Waals surface area contributed by atoms with Crippen molar-refractivity contribution < 1.29 is 8.42 Å². The van der Waals surface area contributed by atoms with Crippen LogP contribution in [0.1, 0.15) is 0 Å². The SMILES string of the molecule is [Li][c]1cc2cnccc2n1S(=O)(=O)c1ccccc1. The Morgan fingerprint density at radius 3 is 2.58 bits per heavy atom. The van der Waals surface area contributed by atoms with E-state index >= 15 is 0 Å². The normalized spacial score (nSPS) is 11.9. The van der Waals surface area contributed by atoms with E-state index in [0.717, 1.165) is 5.39 Å². The van der Waals surface area contributed by atoms with Crippen molar-refractivity contribution >= 4 is 43.0 Å². The van der Waals surface area contributed by atoms with E-state index in [0.29, 0.717) is 9.88 Å². The molecule has 0 bridgehead atoms. The molecule has 4 nitrogen and oxygen atoms in total. The molecule has 3 rings (SSSR count). The van der Waals surface area contributed by atoms with Crippen LogP contribution in [0.25, 0.3) is 10.9 Å². The van der Waals surface area contributed by atoms with Crippen LogP contribution in [0.15, 0.2) is 59.8 Å². The van der Waals surface area contributed by atoms with Crippen LogP contribution < -0.4 is 4.37 Å². The summed E-state index contributed by atoms with van der Waals surface area (Å²) in [6, 6.07) is 12.0. The summed E-state index contributed by atoms with van der Waals surface area (Å²) >= 11 is 1.78. The summed E-state index contributed by atoms with van der Waals surface area (Å²) in [5.41, 5.74) is 0.649. The number of nitrogens with zero attached hydrogens (tertiary/aromatic N) is 2. The number of fused-ring (bicyclic) bond motifs is 1. The molecular weight excluding hydrogens is 255 g/mol. The second-order valence-corrected chi connectivity index (χ2v) is 6.09. The summed E-state index contributed by atoms with van der Waals surface area (Å²) in [6.07, 6.45) is 3.26. The predicted molar refractivity (Wildman–Crippen MR) is 74.1 cm³/mol. The standard InChI is InChI=1S/C13H9N2O2S.Li/c16-18(17,12-4-2-1-3-5-12)15-9-7-11-10-14-8-6-13(11)15;/h1-8,10H;. The molecule has 0 atom stereocenters. The molecule has 0 aliphatic rings. The molecule has 0 fully saturated rings. The maximum absolute atomic E-state index is 12.7. The quantitative estimate of drug-likeness (QED) is 0.650. The van der Waals surface area contributed by atoms with E-state index in [1.807, 2.05) is 6.07 Å². The zero-order valence-corrected chi connectivity index (χ0v) is 11.1. The van der Waals surface area contributed by atoms with Gasteiger partial charge in [-0.15, -0.1) is 0 Å². The molecule has 0 saturated heterocycles. The fourth-order valence-electron chi connectivity index (χ4n) is 2.19. The monoisotopic (exact) mass is 264 g/mol. The molecule has 0 amide bonds. The summed E-state index contributed by atoms with van der Waals surface area (Å²) in [5, 5.41) is 0.819. The van der Waals surface area contributed by atoms with Crippen LogP contribution in [0.2, 0.25) is 0 Å². The average Bonchev–Trinajstić information content (AvgIpc) is 2.76. The number of aromatic nitrogens is 2. The van der Waals surface area contributed by atoms with Crippen LogP contribution >= 0.6 is 0 Å². The maximum atomic E-state index is 12.7. The Morgan fingerprint density at radius 1 is 1.11 bits per heavy atom. The molecule has 19 heavy (non-hydrogen) atoms. The third-order valence-electron chi connectivity index (χ3n) is 3.01. The molecule has 0 saturated carbocycles. The van der Waals surface area contributed by atoms with Crippen LogP contribution in [0, 0.1) is 0 Å². The molecule has 6 heteroatoms. The average molecular weight is 264 g/mol. The Morgan fingerprint density at radius 2 is 1.84 bits per heavy atom. The minimum absolute atomic E-state index is 0.285. The van der Waals surface area contributed by atoms with E-state index in [-0.39, 0.29) is 4.90 Å². The molecule has 0 unspecified atom stereocenters. The second-order valence-electron chi connectivity index (χ2n) is 4.30. The van der Waals surface area contributed by atoms with Gasteiger partial charge in [0, 0.05) is 0 Å². The van der Waals surface area contributed by atoms with E-state index in [1.54, 1.807) is 66.5 Å². The molecule has 0 aliphatic carbocycles. The summed E-state index contributed by atoms with van der Waals surface area (Å²) in [7, 11) is -3.56. The zero-order valence-electron chi connectivity index (χ0n) is 10.3. The number of pyridine rings is 1. The van der Waals surface area contributed by atoms with Crippen molar-refractivity contribution in [2.75, 3.05) is 0 Å².